The van der Waals surface area contributed by atoms with Crippen molar-refractivity contribution in [3.05, 3.63) is 59.2 Å². The average molecular weight is 1000 g/mol. The van der Waals surface area contributed by atoms with Crippen LogP contribution in [0.15, 0.2) is 53.5 Å². The van der Waals surface area contributed by atoms with Crippen LogP contribution in [0.25, 0.3) is 0 Å². The summed E-state index contributed by atoms with van der Waals surface area (Å²) in [6.45, 7) is 2.10. The molecule has 20 heteroatoms. The van der Waals surface area contributed by atoms with E-state index in [9.17, 15) is 43.5 Å². The number of carbonyl (C=O) groups is 2. The number of aliphatic hydroxyl groups excluding tert-OH is 2. The molecule has 68 heavy (non-hydrogen) atoms. The number of phosphoric acid groups is 2. The van der Waals surface area contributed by atoms with E-state index >= 15 is 0 Å². The van der Waals surface area contributed by atoms with Crippen LogP contribution in [0, 0.1) is 0 Å². The van der Waals surface area contributed by atoms with Crippen LogP contribution in [0.3, 0.4) is 0 Å². The van der Waals surface area contributed by atoms with Crippen LogP contribution in [0.4, 0.5) is 5.82 Å². The molecule has 7 atom stereocenters. The largest absolute Gasteiger partial charge is 0.481 e. The van der Waals surface area contributed by atoms with Crippen molar-refractivity contribution < 1.29 is 66.3 Å². The topological polar surface area (TPSA) is 265 Å². The van der Waals surface area contributed by atoms with Crippen molar-refractivity contribution in [2.45, 2.75) is 211 Å². The molecule has 3 unspecified atom stereocenters. The lowest BCUT2D eigenvalue weighted by Crippen LogP contribution is -2.36. The second-order valence-corrected chi connectivity index (χ2v) is 20.4. The van der Waals surface area contributed by atoms with Crippen molar-refractivity contribution in [1.29, 1.82) is 0 Å². The summed E-state index contributed by atoms with van der Waals surface area (Å²) in [5.41, 5.74) is 4.59. The molecule has 0 aliphatic carbocycles. The Morgan fingerprint density at radius 3 is 1.76 bits per heavy atom. The number of unbranched alkanes of at least 4 members (excludes halogenated alkanes) is 19. The minimum Gasteiger partial charge on any atom is -0.462 e. The molecule has 2 heterocycles. The highest BCUT2D eigenvalue weighted by molar-refractivity contribution is 7.61. The molecule has 1 aliphatic rings. The van der Waals surface area contributed by atoms with E-state index < -0.39 is 83.7 Å². The molecule has 1 saturated heterocycles. The van der Waals surface area contributed by atoms with E-state index in [1.165, 1.54) is 63.9 Å². The van der Waals surface area contributed by atoms with Gasteiger partial charge in [0.1, 0.15) is 30.7 Å². The Balaban J connectivity index is 1.82. The Hall–Kier alpha value is -3.02. The summed E-state index contributed by atoms with van der Waals surface area (Å²) < 4.78 is 56.7. The van der Waals surface area contributed by atoms with E-state index in [-0.39, 0.29) is 18.7 Å². The summed E-state index contributed by atoms with van der Waals surface area (Å²) in [6.07, 6.45) is 32.2. The summed E-state index contributed by atoms with van der Waals surface area (Å²) >= 11 is 0. The molecule has 0 spiro atoms. The molecule has 390 valence electrons. The Morgan fingerprint density at radius 2 is 1.19 bits per heavy atom. The minimum atomic E-state index is -5.43. The maximum Gasteiger partial charge on any atom is 0.481 e. The minimum absolute atomic E-state index is 0.0327. The molecule has 0 amide bonds. The molecular weight excluding hydrogens is 920 g/mol. The SMILES string of the molecule is CCCCCC=CCC=CCCCCCCCC(=O)O[C@H](COC(=O)CCCCCCCC=CCCCCCCCC)COP(=O)(O)OP(=O)(O)OC[C@H]1O[C@@H](n2ccc(N)nc2=O)C(O)[C@H]1O. The highest BCUT2D eigenvalue weighted by atomic mass is 31.3. The van der Waals surface area contributed by atoms with Gasteiger partial charge in [0.15, 0.2) is 12.3 Å². The highest BCUT2D eigenvalue weighted by Gasteiger charge is 2.46. The maximum absolute atomic E-state index is 12.8. The van der Waals surface area contributed by atoms with E-state index in [2.05, 4.69) is 59.6 Å². The Bertz CT molecular complexity index is 1780. The summed E-state index contributed by atoms with van der Waals surface area (Å²) in [5.74, 6) is -1.32. The van der Waals surface area contributed by atoms with Gasteiger partial charge in [0.2, 0.25) is 0 Å². The third-order valence-electron chi connectivity index (χ3n) is 11.2. The van der Waals surface area contributed by atoms with E-state index in [0.717, 1.165) is 94.2 Å². The van der Waals surface area contributed by atoms with Crippen molar-refractivity contribution in [2.75, 3.05) is 25.6 Å². The number of rotatable bonds is 41. The van der Waals surface area contributed by atoms with Gasteiger partial charge in [0.25, 0.3) is 0 Å². The molecule has 6 N–H and O–H groups in total. The Morgan fingerprint density at radius 1 is 0.706 bits per heavy atom. The second-order valence-electron chi connectivity index (χ2n) is 17.3. The van der Waals surface area contributed by atoms with Gasteiger partial charge in [-0.2, -0.15) is 9.29 Å². The zero-order valence-corrected chi connectivity index (χ0v) is 42.4. The summed E-state index contributed by atoms with van der Waals surface area (Å²) in [5, 5.41) is 20.9. The molecule has 1 aliphatic heterocycles. The predicted octanol–water partition coefficient (Wildman–Crippen LogP) is 10.0. The standard InChI is InChI=1S/C48H83N3O15P2/c1-3-5-7-9-11-13-15-17-19-21-23-25-27-29-31-33-43(52)61-37-40(64-44(53)34-32-30-28-26-24-22-20-18-16-14-12-10-8-6-4-2)38-62-67(57,58)66-68(59,60)63-39-41-45(54)46(55)47(65-41)51-36-35-42(49)50-48(51)56/h12,14,17-20,35-36,40-41,45-47,54-55H,3-11,13,15-16,21-34,37-39H2,1-2H3,(H,57,58)(H,59,60)(H2,49,50,56)/t40-,41-,45+,46?,47-/m1/s1. The summed E-state index contributed by atoms with van der Waals surface area (Å²) in [6, 6.07) is 1.25. The Labute approximate surface area is 404 Å². The van der Waals surface area contributed by atoms with Gasteiger partial charge >= 0.3 is 33.3 Å². The fourth-order valence-corrected chi connectivity index (χ4v) is 9.39. The first-order chi connectivity index (χ1) is 32.7. The van der Waals surface area contributed by atoms with Gasteiger partial charge in [-0.25, -0.2) is 13.9 Å². The number of esters is 2. The molecule has 0 radical (unpaired) electrons. The van der Waals surface area contributed by atoms with Crippen LogP contribution >= 0.6 is 15.6 Å². The number of allylic oxidation sites excluding steroid dienone is 6. The molecule has 1 fully saturated rings. The van der Waals surface area contributed by atoms with Crippen molar-refractivity contribution in [2.24, 2.45) is 0 Å². The highest BCUT2D eigenvalue weighted by Crippen LogP contribution is 2.60. The van der Waals surface area contributed by atoms with Gasteiger partial charge in [0.05, 0.1) is 13.2 Å². The number of hydrogen-bond donors (Lipinski definition) is 5. The van der Waals surface area contributed by atoms with Crippen LogP contribution in [-0.2, 0) is 46.3 Å². The number of ether oxygens (including phenoxy) is 3. The lowest BCUT2D eigenvalue weighted by molar-refractivity contribution is -0.161. The zero-order valence-electron chi connectivity index (χ0n) is 40.7. The molecule has 0 bridgehead atoms. The van der Waals surface area contributed by atoms with Gasteiger partial charge < -0.3 is 39.9 Å². The number of anilines is 1. The van der Waals surface area contributed by atoms with Crippen LogP contribution < -0.4 is 11.4 Å². The third-order valence-corrected chi connectivity index (χ3v) is 13.8. The first-order valence-corrected chi connectivity index (χ1v) is 28.0. The predicted molar refractivity (Wildman–Crippen MR) is 261 cm³/mol. The number of phosphoric ester groups is 2. The Kier molecular flexibility index (Phi) is 33.1. The van der Waals surface area contributed by atoms with E-state index in [1.807, 2.05) is 0 Å². The van der Waals surface area contributed by atoms with E-state index in [0.29, 0.717) is 12.8 Å². The summed E-state index contributed by atoms with van der Waals surface area (Å²) in [4.78, 5) is 61.8. The number of aromatic nitrogens is 2. The normalized spacial score (nSPS) is 19.7. The van der Waals surface area contributed by atoms with Gasteiger partial charge in [-0.3, -0.25) is 23.2 Å². The smallest absolute Gasteiger partial charge is 0.462 e. The molecule has 18 nitrogen and oxygen atoms in total. The molecule has 2 rings (SSSR count). The quantitative estimate of drug-likeness (QED) is 0.0177. The van der Waals surface area contributed by atoms with Crippen molar-refractivity contribution in [3.8, 4) is 0 Å². The van der Waals surface area contributed by atoms with E-state index in [4.69, 9.17) is 29.0 Å². The van der Waals surface area contributed by atoms with Crippen LogP contribution in [-0.4, -0.2) is 85.7 Å². The fourth-order valence-electron chi connectivity index (χ4n) is 7.28. The average Bonchev–Trinajstić information content (AvgIpc) is 3.57. The van der Waals surface area contributed by atoms with Gasteiger partial charge in [-0.1, -0.05) is 134 Å². The van der Waals surface area contributed by atoms with Gasteiger partial charge in [-0.15, -0.1) is 0 Å². The molecule has 1 aromatic rings. The number of aliphatic hydroxyl groups is 2. The summed E-state index contributed by atoms with van der Waals surface area (Å²) in [7, 11) is -10.8. The van der Waals surface area contributed by atoms with Gasteiger partial charge in [0, 0.05) is 19.0 Å². The first kappa shape index (κ1) is 61.1. The monoisotopic (exact) mass is 1000 g/mol. The number of nitrogen functional groups attached to an aromatic ring is 1. The second kappa shape index (κ2) is 36.9. The lowest BCUT2D eigenvalue weighted by atomic mass is 10.1. The number of nitrogens with zero attached hydrogens (tertiary/aromatic N) is 2. The van der Waals surface area contributed by atoms with Gasteiger partial charge in [-0.05, 0) is 76.7 Å². The first-order valence-electron chi connectivity index (χ1n) is 25.0. The number of carbonyl (C=O) groups excluding carboxylic acids is 2. The van der Waals surface area contributed by atoms with Crippen LogP contribution in [0.5, 0.6) is 0 Å². The molecule has 0 saturated carbocycles. The molecule has 1 aromatic heterocycles. The van der Waals surface area contributed by atoms with Crippen molar-refractivity contribution in [3.63, 3.8) is 0 Å². The fraction of sp³-hybridized carbons (Fsp3) is 0.750. The third kappa shape index (κ3) is 29.2. The lowest BCUT2D eigenvalue weighted by Gasteiger charge is -2.21. The molecular formula is C48H83N3O15P2. The van der Waals surface area contributed by atoms with E-state index in [1.54, 1.807) is 0 Å². The molecule has 0 aromatic carbocycles. The number of nitrogens with two attached hydrogens (primary N) is 1. The van der Waals surface area contributed by atoms with Crippen molar-refractivity contribution in [1.82, 2.24) is 9.55 Å². The zero-order chi connectivity index (χ0) is 49.9. The van der Waals surface area contributed by atoms with Crippen molar-refractivity contribution >= 4 is 33.4 Å². The van der Waals surface area contributed by atoms with Crippen LogP contribution in [0.2, 0.25) is 0 Å². The number of hydrogen-bond acceptors (Lipinski definition) is 15. The maximum atomic E-state index is 12.8. The van der Waals surface area contributed by atoms with Crippen LogP contribution in [0.1, 0.15) is 187 Å².